The van der Waals surface area contributed by atoms with Gasteiger partial charge in [-0.1, -0.05) is 35.0 Å². The Kier molecular flexibility index (Phi) is 3.81. The van der Waals surface area contributed by atoms with Gasteiger partial charge in [0.25, 0.3) is 0 Å². The maximum atomic E-state index is 3.53. The van der Waals surface area contributed by atoms with E-state index in [9.17, 15) is 0 Å². The van der Waals surface area contributed by atoms with Gasteiger partial charge in [0.2, 0.25) is 0 Å². The SMILES string of the molecule is CCC1CCCN1Cc1cccc(Br)c1. The number of benzene rings is 1. The molecule has 0 amide bonds. The zero-order chi connectivity index (χ0) is 10.7. The van der Waals surface area contributed by atoms with E-state index < -0.39 is 0 Å². The third kappa shape index (κ3) is 2.82. The van der Waals surface area contributed by atoms with Gasteiger partial charge in [0, 0.05) is 17.1 Å². The molecule has 1 aromatic carbocycles. The van der Waals surface area contributed by atoms with Crippen molar-refractivity contribution in [3.8, 4) is 0 Å². The minimum atomic E-state index is 0.809. The van der Waals surface area contributed by atoms with Gasteiger partial charge < -0.3 is 0 Å². The van der Waals surface area contributed by atoms with Gasteiger partial charge in [-0.25, -0.2) is 0 Å². The lowest BCUT2D eigenvalue weighted by Gasteiger charge is -2.23. The van der Waals surface area contributed by atoms with Crippen LogP contribution in [0.5, 0.6) is 0 Å². The number of likely N-dealkylation sites (tertiary alicyclic amines) is 1. The Labute approximate surface area is 101 Å². The largest absolute Gasteiger partial charge is 0.296 e. The van der Waals surface area contributed by atoms with E-state index in [1.165, 1.54) is 35.8 Å². The molecule has 2 rings (SSSR count). The van der Waals surface area contributed by atoms with Crippen LogP contribution in [0.1, 0.15) is 31.7 Å². The molecule has 0 aromatic heterocycles. The molecule has 1 fully saturated rings. The fraction of sp³-hybridized carbons (Fsp3) is 0.538. The van der Waals surface area contributed by atoms with Crippen LogP contribution in [0.2, 0.25) is 0 Å². The average Bonchev–Trinajstić information content (AvgIpc) is 2.65. The fourth-order valence-electron chi connectivity index (χ4n) is 2.44. The molecule has 1 nitrogen and oxygen atoms in total. The third-order valence-electron chi connectivity index (χ3n) is 3.25. The molecular formula is C13H18BrN. The topological polar surface area (TPSA) is 3.24 Å². The molecule has 0 spiro atoms. The van der Waals surface area contributed by atoms with Gasteiger partial charge in [-0.05, 0) is 43.5 Å². The zero-order valence-electron chi connectivity index (χ0n) is 9.25. The summed E-state index contributed by atoms with van der Waals surface area (Å²) in [6.45, 7) is 4.67. The quantitative estimate of drug-likeness (QED) is 0.805. The van der Waals surface area contributed by atoms with Crippen molar-refractivity contribution in [3.05, 3.63) is 34.3 Å². The average molecular weight is 268 g/mol. The van der Waals surface area contributed by atoms with E-state index in [1.54, 1.807) is 0 Å². The molecule has 0 aliphatic carbocycles. The standard InChI is InChI=1S/C13H18BrN/c1-2-13-7-4-8-15(13)10-11-5-3-6-12(14)9-11/h3,5-6,9,13H,2,4,7-8,10H2,1H3. The fourth-order valence-corrected chi connectivity index (χ4v) is 2.88. The van der Waals surface area contributed by atoms with Crippen LogP contribution in [0, 0.1) is 0 Å². The van der Waals surface area contributed by atoms with Crippen LogP contribution in [0.4, 0.5) is 0 Å². The predicted octanol–water partition coefficient (Wildman–Crippen LogP) is 3.82. The summed E-state index contributed by atoms with van der Waals surface area (Å²) in [7, 11) is 0. The first-order chi connectivity index (χ1) is 7.29. The minimum Gasteiger partial charge on any atom is -0.296 e. The highest BCUT2D eigenvalue weighted by Crippen LogP contribution is 2.23. The molecule has 0 saturated carbocycles. The number of rotatable bonds is 3. The molecule has 0 radical (unpaired) electrons. The molecule has 2 heteroatoms. The summed E-state index contributed by atoms with van der Waals surface area (Å²) in [5.74, 6) is 0. The van der Waals surface area contributed by atoms with E-state index in [1.807, 2.05) is 0 Å². The molecular weight excluding hydrogens is 250 g/mol. The molecule has 1 aromatic rings. The van der Waals surface area contributed by atoms with Gasteiger partial charge in [0.15, 0.2) is 0 Å². The minimum absolute atomic E-state index is 0.809. The lowest BCUT2D eigenvalue weighted by Crippen LogP contribution is -2.28. The maximum Gasteiger partial charge on any atom is 0.0237 e. The molecule has 1 unspecified atom stereocenters. The second kappa shape index (κ2) is 5.13. The molecule has 82 valence electrons. The Morgan fingerprint density at radius 1 is 1.47 bits per heavy atom. The van der Waals surface area contributed by atoms with Crippen LogP contribution in [0.25, 0.3) is 0 Å². The smallest absolute Gasteiger partial charge is 0.0237 e. The van der Waals surface area contributed by atoms with Crippen molar-refractivity contribution in [3.63, 3.8) is 0 Å². The first kappa shape index (κ1) is 11.2. The van der Waals surface area contributed by atoms with Crippen molar-refractivity contribution >= 4 is 15.9 Å². The van der Waals surface area contributed by atoms with Crippen molar-refractivity contribution in [1.29, 1.82) is 0 Å². The Morgan fingerprint density at radius 3 is 3.07 bits per heavy atom. The maximum absolute atomic E-state index is 3.53. The molecule has 0 bridgehead atoms. The monoisotopic (exact) mass is 267 g/mol. The summed E-state index contributed by atoms with van der Waals surface area (Å²) in [5, 5.41) is 0. The molecule has 1 aliphatic heterocycles. The van der Waals surface area contributed by atoms with Crippen LogP contribution in [0.15, 0.2) is 28.7 Å². The Hall–Kier alpha value is -0.340. The van der Waals surface area contributed by atoms with E-state index in [0.717, 1.165) is 12.6 Å². The molecule has 1 atom stereocenters. The molecule has 1 aliphatic rings. The van der Waals surface area contributed by atoms with E-state index in [0.29, 0.717) is 0 Å². The van der Waals surface area contributed by atoms with Crippen LogP contribution in [-0.2, 0) is 6.54 Å². The lowest BCUT2D eigenvalue weighted by atomic mass is 10.1. The number of halogens is 1. The van der Waals surface area contributed by atoms with Gasteiger partial charge in [-0.3, -0.25) is 4.90 Å². The van der Waals surface area contributed by atoms with Gasteiger partial charge in [0.1, 0.15) is 0 Å². The van der Waals surface area contributed by atoms with Gasteiger partial charge in [-0.15, -0.1) is 0 Å². The van der Waals surface area contributed by atoms with Crippen molar-refractivity contribution in [1.82, 2.24) is 4.90 Å². The predicted molar refractivity (Wildman–Crippen MR) is 67.9 cm³/mol. The third-order valence-corrected chi connectivity index (χ3v) is 3.74. The highest BCUT2D eigenvalue weighted by Gasteiger charge is 2.22. The van der Waals surface area contributed by atoms with E-state index >= 15 is 0 Å². The van der Waals surface area contributed by atoms with Crippen LogP contribution < -0.4 is 0 Å². The molecule has 1 saturated heterocycles. The van der Waals surface area contributed by atoms with Gasteiger partial charge in [-0.2, -0.15) is 0 Å². The normalized spacial score (nSPS) is 22.1. The number of hydrogen-bond acceptors (Lipinski definition) is 1. The van der Waals surface area contributed by atoms with E-state index in [4.69, 9.17) is 0 Å². The summed E-state index contributed by atoms with van der Waals surface area (Å²) in [4.78, 5) is 2.61. The zero-order valence-corrected chi connectivity index (χ0v) is 10.8. The van der Waals surface area contributed by atoms with Crippen molar-refractivity contribution in [2.45, 2.75) is 38.8 Å². The lowest BCUT2D eigenvalue weighted by molar-refractivity contribution is 0.240. The highest BCUT2D eigenvalue weighted by molar-refractivity contribution is 9.10. The molecule has 1 heterocycles. The summed E-state index contributed by atoms with van der Waals surface area (Å²) in [6.07, 6.45) is 4.03. The second-order valence-electron chi connectivity index (χ2n) is 4.30. The Balaban J connectivity index is 2.02. The van der Waals surface area contributed by atoms with Crippen LogP contribution >= 0.6 is 15.9 Å². The van der Waals surface area contributed by atoms with Gasteiger partial charge in [0.05, 0.1) is 0 Å². The second-order valence-corrected chi connectivity index (χ2v) is 5.22. The van der Waals surface area contributed by atoms with Crippen molar-refractivity contribution in [2.75, 3.05) is 6.54 Å². The molecule has 0 N–H and O–H groups in total. The van der Waals surface area contributed by atoms with Crippen LogP contribution in [-0.4, -0.2) is 17.5 Å². The number of hydrogen-bond donors (Lipinski definition) is 0. The van der Waals surface area contributed by atoms with Crippen LogP contribution in [0.3, 0.4) is 0 Å². The highest BCUT2D eigenvalue weighted by atomic mass is 79.9. The first-order valence-electron chi connectivity index (χ1n) is 5.78. The van der Waals surface area contributed by atoms with Crippen molar-refractivity contribution in [2.24, 2.45) is 0 Å². The Bertz CT molecular complexity index is 324. The summed E-state index contributed by atoms with van der Waals surface area (Å²) in [6, 6.07) is 9.46. The van der Waals surface area contributed by atoms with Crippen molar-refractivity contribution < 1.29 is 0 Å². The van der Waals surface area contributed by atoms with E-state index in [-0.39, 0.29) is 0 Å². The van der Waals surface area contributed by atoms with Gasteiger partial charge >= 0.3 is 0 Å². The Morgan fingerprint density at radius 2 is 2.33 bits per heavy atom. The first-order valence-corrected chi connectivity index (χ1v) is 6.57. The summed E-state index contributed by atoms with van der Waals surface area (Å²) >= 11 is 3.53. The number of nitrogens with zero attached hydrogens (tertiary/aromatic N) is 1. The van der Waals surface area contributed by atoms with E-state index in [2.05, 4.69) is 52.0 Å². The summed E-state index contributed by atoms with van der Waals surface area (Å²) in [5.41, 5.74) is 1.42. The summed E-state index contributed by atoms with van der Waals surface area (Å²) < 4.78 is 1.19. The molecule has 15 heavy (non-hydrogen) atoms.